The van der Waals surface area contributed by atoms with E-state index in [4.69, 9.17) is 0 Å². The van der Waals surface area contributed by atoms with Gasteiger partial charge in [-0.1, -0.05) is 19.3 Å². The van der Waals surface area contributed by atoms with Gasteiger partial charge in [-0.25, -0.2) is 0 Å². The highest BCUT2D eigenvalue weighted by molar-refractivity contribution is 5.85. The highest BCUT2D eigenvalue weighted by Gasteiger charge is 2.48. The molecule has 2 rings (SSSR count). The van der Waals surface area contributed by atoms with Crippen LogP contribution in [-0.2, 0) is 9.59 Å². The molecule has 0 heterocycles. The molecule has 1 amide bonds. The van der Waals surface area contributed by atoms with Gasteiger partial charge < -0.3 is 10.4 Å². The molecule has 21 heavy (non-hydrogen) atoms. The number of nitrogens with zero attached hydrogens (tertiary/aromatic N) is 1. The van der Waals surface area contributed by atoms with Gasteiger partial charge in [0.2, 0.25) is 11.9 Å². The van der Waals surface area contributed by atoms with E-state index in [1.165, 1.54) is 0 Å². The second-order valence-electron chi connectivity index (χ2n) is 6.10. The predicted molar refractivity (Wildman–Crippen MR) is 74.3 cm³/mol. The number of aliphatic carboxylic acids is 1. The third-order valence-corrected chi connectivity index (χ3v) is 4.71. The van der Waals surface area contributed by atoms with E-state index in [1.54, 1.807) is 0 Å². The number of nitro groups is 1. The van der Waals surface area contributed by atoms with E-state index < -0.39 is 28.8 Å². The molecule has 0 aliphatic heterocycles. The molecule has 2 fully saturated rings. The maximum Gasteiger partial charge on any atom is 0.314 e. The van der Waals surface area contributed by atoms with Crippen LogP contribution < -0.4 is 5.32 Å². The zero-order valence-corrected chi connectivity index (χ0v) is 12.0. The van der Waals surface area contributed by atoms with Crippen LogP contribution in [0.15, 0.2) is 0 Å². The summed E-state index contributed by atoms with van der Waals surface area (Å²) in [5, 5.41) is 23.2. The molecule has 2 aliphatic rings. The molecule has 118 valence electrons. The summed E-state index contributed by atoms with van der Waals surface area (Å²) < 4.78 is 0. The van der Waals surface area contributed by atoms with Crippen molar-refractivity contribution in [3.8, 4) is 0 Å². The number of carbonyl (C=O) groups is 2. The van der Waals surface area contributed by atoms with E-state index in [0.717, 1.165) is 32.1 Å². The second-order valence-corrected chi connectivity index (χ2v) is 6.10. The van der Waals surface area contributed by atoms with Crippen molar-refractivity contribution in [1.82, 2.24) is 5.32 Å². The predicted octanol–water partition coefficient (Wildman–Crippen LogP) is 1.58. The van der Waals surface area contributed by atoms with Gasteiger partial charge in [0, 0.05) is 17.4 Å². The lowest BCUT2D eigenvalue weighted by Gasteiger charge is -2.32. The minimum absolute atomic E-state index is 0.0941. The first-order valence-corrected chi connectivity index (χ1v) is 7.67. The average Bonchev–Trinajstić information content (AvgIpc) is 2.47. The van der Waals surface area contributed by atoms with Crippen LogP contribution in [0.1, 0.15) is 51.4 Å². The molecule has 7 heteroatoms. The van der Waals surface area contributed by atoms with Crippen molar-refractivity contribution in [3.05, 3.63) is 10.1 Å². The Bertz CT molecular complexity index is 420. The fraction of sp³-hybridized carbons (Fsp3) is 0.857. The van der Waals surface area contributed by atoms with Crippen molar-refractivity contribution >= 4 is 11.9 Å². The molecule has 0 aromatic carbocycles. The molecule has 2 N–H and O–H groups in total. The van der Waals surface area contributed by atoms with Crippen molar-refractivity contribution in [2.75, 3.05) is 0 Å². The summed E-state index contributed by atoms with van der Waals surface area (Å²) in [4.78, 5) is 34.2. The van der Waals surface area contributed by atoms with Crippen LogP contribution in [0.2, 0.25) is 0 Å². The molecule has 2 aliphatic carbocycles. The standard InChI is InChI=1S/C14H22N2O5/c17-13(15-9-5-2-1-3-6-9)10-7-4-8-11(16(20)21)12(10)14(18)19/h9-12H,1-8H2,(H,15,17)(H,18,19). The van der Waals surface area contributed by atoms with Gasteiger partial charge in [0.1, 0.15) is 5.92 Å². The normalized spacial score (nSPS) is 30.6. The minimum Gasteiger partial charge on any atom is -0.481 e. The van der Waals surface area contributed by atoms with E-state index in [1.807, 2.05) is 0 Å². The van der Waals surface area contributed by atoms with E-state index in [-0.39, 0.29) is 18.4 Å². The Balaban J connectivity index is 2.05. The van der Waals surface area contributed by atoms with E-state index in [0.29, 0.717) is 12.8 Å². The van der Waals surface area contributed by atoms with Crippen molar-refractivity contribution in [2.24, 2.45) is 11.8 Å². The highest BCUT2D eigenvalue weighted by atomic mass is 16.6. The van der Waals surface area contributed by atoms with Crippen molar-refractivity contribution < 1.29 is 19.6 Å². The van der Waals surface area contributed by atoms with Crippen LogP contribution >= 0.6 is 0 Å². The van der Waals surface area contributed by atoms with E-state index >= 15 is 0 Å². The molecule has 0 bridgehead atoms. The Kier molecular flexibility index (Phi) is 5.14. The quantitative estimate of drug-likeness (QED) is 0.605. The van der Waals surface area contributed by atoms with Crippen LogP contribution in [0.25, 0.3) is 0 Å². The Morgan fingerprint density at radius 1 is 1.05 bits per heavy atom. The van der Waals surface area contributed by atoms with Gasteiger partial charge in [-0.2, -0.15) is 0 Å². The zero-order valence-electron chi connectivity index (χ0n) is 12.0. The van der Waals surface area contributed by atoms with Gasteiger partial charge in [0.25, 0.3) is 0 Å². The van der Waals surface area contributed by atoms with Gasteiger partial charge in [0.15, 0.2) is 0 Å². The molecular formula is C14H22N2O5. The third kappa shape index (κ3) is 3.71. The molecule has 0 saturated heterocycles. The van der Waals surface area contributed by atoms with Crippen LogP contribution in [-0.4, -0.2) is 34.0 Å². The van der Waals surface area contributed by atoms with Crippen molar-refractivity contribution in [3.63, 3.8) is 0 Å². The Morgan fingerprint density at radius 3 is 2.29 bits per heavy atom. The summed E-state index contributed by atoms with van der Waals surface area (Å²) in [5.41, 5.74) is 0. The molecule has 7 nitrogen and oxygen atoms in total. The molecule has 0 aromatic rings. The lowest BCUT2D eigenvalue weighted by atomic mass is 9.75. The number of carbonyl (C=O) groups excluding carboxylic acids is 1. The summed E-state index contributed by atoms with van der Waals surface area (Å²) in [5.74, 6) is -3.55. The molecular weight excluding hydrogens is 276 g/mol. The lowest BCUT2D eigenvalue weighted by Crippen LogP contribution is -2.50. The summed E-state index contributed by atoms with van der Waals surface area (Å²) in [6.07, 6.45) is 6.29. The van der Waals surface area contributed by atoms with Crippen LogP contribution in [0, 0.1) is 22.0 Å². The maximum absolute atomic E-state index is 12.4. The molecule has 3 atom stereocenters. The first kappa shape index (κ1) is 15.7. The summed E-state index contributed by atoms with van der Waals surface area (Å²) in [7, 11) is 0. The first-order chi connectivity index (χ1) is 10.0. The monoisotopic (exact) mass is 298 g/mol. The number of hydrogen-bond donors (Lipinski definition) is 2. The topological polar surface area (TPSA) is 110 Å². The number of carboxylic acids is 1. The fourth-order valence-electron chi connectivity index (χ4n) is 3.60. The summed E-state index contributed by atoms with van der Waals surface area (Å²) in [6.45, 7) is 0. The number of carboxylic acid groups (broad SMARTS) is 1. The number of nitrogens with one attached hydrogen (secondary N) is 1. The number of rotatable bonds is 4. The Hall–Kier alpha value is -1.66. The van der Waals surface area contributed by atoms with Gasteiger partial charge in [-0.3, -0.25) is 19.7 Å². The lowest BCUT2D eigenvalue weighted by molar-refractivity contribution is -0.534. The Labute approximate surface area is 123 Å². The van der Waals surface area contributed by atoms with Gasteiger partial charge in [-0.15, -0.1) is 0 Å². The smallest absolute Gasteiger partial charge is 0.314 e. The summed E-state index contributed by atoms with van der Waals surface area (Å²) in [6, 6.07) is -1.06. The minimum atomic E-state index is -1.24. The second kappa shape index (κ2) is 6.87. The number of amides is 1. The Morgan fingerprint density at radius 2 is 1.71 bits per heavy atom. The van der Waals surface area contributed by atoms with Crippen molar-refractivity contribution in [2.45, 2.75) is 63.5 Å². The SMILES string of the molecule is O=C(NC1CCCCC1)C1CCCC([N+](=O)[O-])C1C(=O)O. The van der Waals surface area contributed by atoms with Crippen molar-refractivity contribution in [1.29, 1.82) is 0 Å². The average molecular weight is 298 g/mol. The zero-order chi connectivity index (χ0) is 15.4. The number of hydrogen-bond acceptors (Lipinski definition) is 4. The van der Waals surface area contributed by atoms with Gasteiger partial charge >= 0.3 is 5.97 Å². The van der Waals surface area contributed by atoms with Gasteiger partial charge in [0.05, 0.1) is 5.92 Å². The molecule has 0 radical (unpaired) electrons. The van der Waals surface area contributed by atoms with E-state index in [9.17, 15) is 24.8 Å². The summed E-state index contributed by atoms with van der Waals surface area (Å²) >= 11 is 0. The van der Waals surface area contributed by atoms with Crippen LogP contribution in [0.3, 0.4) is 0 Å². The molecule has 3 unspecified atom stereocenters. The maximum atomic E-state index is 12.4. The van der Waals surface area contributed by atoms with Gasteiger partial charge in [-0.05, 0) is 25.7 Å². The first-order valence-electron chi connectivity index (χ1n) is 7.67. The third-order valence-electron chi connectivity index (χ3n) is 4.71. The van der Waals surface area contributed by atoms with Crippen LogP contribution in [0.4, 0.5) is 0 Å². The molecule has 0 aromatic heterocycles. The molecule has 0 spiro atoms. The van der Waals surface area contributed by atoms with E-state index in [2.05, 4.69) is 5.32 Å². The highest BCUT2D eigenvalue weighted by Crippen LogP contribution is 2.33. The fourth-order valence-corrected chi connectivity index (χ4v) is 3.60. The largest absolute Gasteiger partial charge is 0.481 e. The van der Waals surface area contributed by atoms with Crippen LogP contribution in [0.5, 0.6) is 0 Å². The molecule has 2 saturated carbocycles.